The van der Waals surface area contributed by atoms with Crippen molar-refractivity contribution in [3.05, 3.63) is 30.1 Å². The van der Waals surface area contributed by atoms with Crippen LogP contribution in [0.2, 0.25) is 0 Å². The van der Waals surface area contributed by atoms with Crippen LogP contribution in [0.4, 0.5) is 10.1 Å². The van der Waals surface area contributed by atoms with E-state index in [0.29, 0.717) is 12.8 Å². The van der Waals surface area contributed by atoms with Crippen molar-refractivity contribution in [2.75, 3.05) is 11.9 Å². The molecule has 0 unspecified atom stereocenters. The summed E-state index contributed by atoms with van der Waals surface area (Å²) in [5.41, 5.74) is 0.162. The van der Waals surface area contributed by atoms with Crippen molar-refractivity contribution < 1.29 is 19.0 Å². The lowest BCUT2D eigenvalue weighted by molar-refractivity contribution is -0.123. The standard InChI is InChI=1S/C14H18FNO3/c15-12-3-1-2-4-13(12)16-14(18)9-19-11-7-5-10(17)6-8-11/h1-4,10-11,17H,5-9H2,(H,16,18). The molecule has 2 rings (SSSR count). The van der Waals surface area contributed by atoms with Crippen molar-refractivity contribution in [3.8, 4) is 0 Å². The molecule has 0 heterocycles. The first kappa shape index (κ1) is 14.0. The molecule has 0 aromatic heterocycles. The average molecular weight is 267 g/mol. The Morgan fingerprint density at radius 2 is 2.00 bits per heavy atom. The van der Waals surface area contributed by atoms with Crippen LogP contribution >= 0.6 is 0 Å². The largest absolute Gasteiger partial charge is 0.393 e. The van der Waals surface area contributed by atoms with Gasteiger partial charge < -0.3 is 15.2 Å². The van der Waals surface area contributed by atoms with E-state index in [-0.39, 0.29) is 30.4 Å². The first-order valence-corrected chi connectivity index (χ1v) is 6.49. The number of anilines is 1. The predicted octanol–water partition coefficient (Wildman–Crippen LogP) is 2.08. The predicted molar refractivity (Wildman–Crippen MR) is 69.2 cm³/mol. The van der Waals surface area contributed by atoms with E-state index in [4.69, 9.17) is 4.74 Å². The van der Waals surface area contributed by atoms with Gasteiger partial charge in [0, 0.05) is 0 Å². The van der Waals surface area contributed by atoms with Gasteiger partial charge >= 0.3 is 0 Å². The van der Waals surface area contributed by atoms with Gasteiger partial charge in [0.2, 0.25) is 5.91 Å². The van der Waals surface area contributed by atoms with Crippen LogP contribution < -0.4 is 5.32 Å². The lowest BCUT2D eigenvalue weighted by Gasteiger charge is -2.25. The maximum atomic E-state index is 13.3. The summed E-state index contributed by atoms with van der Waals surface area (Å²) in [6.45, 7) is -0.0882. The number of hydrogen-bond acceptors (Lipinski definition) is 3. The fourth-order valence-corrected chi connectivity index (χ4v) is 2.15. The van der Waals surface area contributed by atoms with Crippen LogP contribution in [0.3, 0.4) is 0 Å². The van der Waals surface area contributed by atoms with E-state index in [1.54, 1.807) is 12.1 Å². The van der Waals surface area contributed by atoms with Gasteiger partial charge in [-0.15, -0.1) is 0 Å². The fourth-order valence-electron chi connectivity index (χ4n) is 2.15. The molecule has 1 saturated carbocycles. The Labute approximate surface area is 111 Å². The van der Waals surface area contributed by atoms with Gasteiger partial charge in [-0.2, -0.15) is 0 Å². The Bertz CT molecular complexity index is 430. The smallest absolute Gasteiger partial charge is 0.250 e. The second-order valence-corrected chi connectivity index (χ2v) is 4.77. The van der Waals surface area contributed by atoms with Crippen LogP contribution in [0.15, 0.2) is 24.3 Å². The van der Waals surface area contributed by atoms with Crippen molar-refractivity contribution in [3.63, 3.8) is 0 Å². The summed E-state index contributed by atoms with van der Waals surface area (Å²) in [6.07, 6.45) is 2.70. The highest BCUT2D eigenvalue weighted by Gasteiger charge is 2.20. The number of carbonyl (C=O) groups is 1. The highest BCUT2D eigenvalue weighted by atomic mass is 19.1. The third kappa shape index (κ3) is 4.29. The molecule has 0 radical (unpaired) electrons. The molecule has 0 aliphatic heterocycles. The quantitative estimate of drug-likeness (QED) is 0.878. The number of amides is 1. The fraction of sp³-hybridized carbons (Fsp3) is 0.500. The zero-order valence-electron chi connectivity index (χ0n) is 10.6. The molecule has 0 saturated heterocycles. The molecule has 1 aliphatic carbocycles. The summed E-state index contributed by atoms with van der Waals surface area (Å²) < 4.78 is 18.8. The number of benzene rings is 1. The number of halogens is 1. The Kier molecular flexibility index (Phi) is 4.87. The minimum absolute atomic E-state index is 0.00905. The van der Waals surface area contributed by atoms with Crippen molar-refractivity contribution in [2.24, 2.45) is 0 Å². The minimum atomic E-state index is -0.461. The van der Waals surface area contributed by atoms with Gasteiger partial charge in [0.15, 0.2) is 0 Å². The van der Waals surface area contributed by atoms with E-state index in [2.05, 4.69) is 5.32 Å². The Morgan fingerprint density at radius 1 is 1.32 bits per heavy atom. The maximum Gasteiger partial charge on any atom is 0.250 e. The summed E-state index contributed by atoms with van der Waals surface area (Å²) >= 11 is 0. The van der Waals surface area contributed by atoms with Crippen LogP contribution in [0.5, 0.6) is 0 Å². The number of nitrogens with one attached hydrogen (secondary N) is 1. The van der Waals surface area contributed by atoms with Crippen LogP contribution in [0.1, 0.15) is 25.7 Å². The van der Waals surface area contributed by atoms with E-state index < -0.39 is 5.82 Å². The summed E-state index contributed by atoms with van der Waals surface area (Å²) in [5.74, 6) is -0.826. The van der Waals surface area contributed by atoms with Crippen molar-refractivity contribution in [2.45, 2.75) is 37.9 Å². The number of ether oxygens (including phenoxy) is 1. The van der Waals surface area contributed by atoms with Gasteiger partial charge in [0.05, 0.1) is 17.9 Å². The van der Waals surface area contributed by atoms with Gasteiger partial charge in [-0.25, -0.2) is 4.39 Å². The van der Waals surface area contributed by atoms with Crippen molar-refractivity contribution in [1.29, 1.82) is 0 Å². The highest BCUT2D eigenvalue weighted by Crippen LogP contribution is 2.21. The van der Waals surface area contributed by atoms with Gasteiger partial charge in [0.25, 0.3) is 0 Å². The third-order valence-corrected chi connectivity index (χ3v) is 3.24. The number of aliphatic hydroxyl groups excluding tert-OH is 1. The van der Waals surface area contributed by atoms with Crippen LogP contribution in [-0.2, 0) is 9.53 Å². The molecule has 0 spiro atoms. The molecule has 4 nitrogen and oxygen atoms in total. The van der Waals surface area contributed by atoms with E-state index in [9.17, 15) is 14.3 Å². The normalized spacial score (nSPS) is 23.1. The molecular weight excluding hydrogens is 249 g/mol. The molecule has 1 aliphatic rings. The molecule has 5 heteroatoms. The van der Waals surface area contributed by atoms with E-state index >= 15 is 0 Å². The monoisotopic (exact) mass is 267 g/mol. The second kappa shape index (κ2) is 6.63. The number of para-hydroxylation sites is 1. The van der Waals surface area contributed by atoms with Crippen molar-refractivity contribution >= 4 is 11.6 Å². The lowest BCUT2D eigenvalue weighted by Crippen LogP contribution is -2.28. The zero-order valence-corrected chi connectivity index (χ0v) is 10.6. The molecule has 0 bridgehead atoms. The average Bonchev–Trinajstić information content (AvgIpc) is 2.41. The minimum Gasteiger partial charge on any atom is -0.393 e. The second-order valence-electron chi connectivity index (χ2n) is 4.77. The molecule has 1 aromatic rings. The SMILES string of the molecule is O=C(COC1CCC(O)CC1)Nc1ccccc1F. The molecule has 1 amide bonds. The zero-order chi connectivity index (χ0) is 13.7. The molecule has 1 aromatic carbocycles. The highest BCUT2D eigenvalue weighted by molar-refractivity contribution is 5.91. The molecule has 1 fully saturated rings. The number of aliphatic hydroxyl groups is 1. The number of hydrogen-bond donors (Lipinski definition) is 2. The summed E-state index contributed by atoms with van der Waals surface area (Å²) in [6, 6.07) is 6.01. The first-order valence-electron chi connectivity index (χ1n) is 6.49. The summed E-state index contributed by atoms with van der Waals surface area (Å²) in [5, 5.41) is 11.8. The van der Waals surface area contributed by atoms with Gasteiger partial charge in [0.1, 0.15) is 12.4 Å². The topological polar surface area (TPSA) is 58.6 Å². The number of rotatable bonds is 4. The number of carbonyl (C=O) groups excluding carboxylic acids is 1. The Hall–Kier alpha value is -1.46. The summed E-state index contributed by atoms with van der Waals surface area (Å²) in [4.78, 5) is 11.6. The van der Waals surface area contributed by atoms with Gasteiger partial charge in [-0.3, -0.25) is 4.79 Å². The van der Waals surface area contributed by atoms with E-state index in [0.717, 1.165) is 12.8 Å². The summed E-state index contributed by atoms with van der Waals surface area (Å²) in [7, 11) is 0. The van der Waals surface area contributed by atoms with Crippen LogP contribution in [0.25, 0.3) is 0 Å². The Balaban J connectivity index is 1.74. The van der Waals surface area contributed by atoms with Crippen LogP contribution in [0, 0.1) is 5.82 Å². The molecular formula is C14H18FNO3. The first-order chi connectivity index (χ1) is 9.15. The molecule has 104 valence electrons. The maximum absolute atomic E-state index is 13.3. The Morgan fingerprint density at radius 3 is 2.68 bits per heavy atom. The van der Waals surface area contributed by atoms with Crippen molar-refractivity contribution in [1.82, 2.24) is 0 Å². The molecule has 0 atom stereocenters. The molecule has 2 N–H and O–H groups in total. The lowest BCUT2D eigenvalue weighted by atomic mass is 9.95. The van der Waals surface area contributed by atoms with Gasteiger partial charge in [-0.05, 0) is 37.8 Å². The third-order valence-electron chi connectivity index (χ3n) is 3.24. The van der Waals surface area contributed by atoms with E-state index in [1.807, 2.05) is 0 Å². The van der Waals surface area contributed by atoms with Gasteiger partial charge in [-0.1, -0.05) is 12.1 Å². The van der Waals surface area contributed by atoms with Crippen LogP contribution in [-0.4, -0.2) is 29.8 Å². The molecule has 19 heavy (non-hydrogen) atoms. The van der Waals surface area contributed by atoms with E-state index in [1.165, 1.54) is 12.1 Å².